The Morgan fingerprint density at radius 3 is 1.37 bits per heavy atom. The van der Waals surface area contributed by atoms with Crippen molar-refractivity contribution in [3.8, 4) is 33.9 Å². The third-order valence-corrected chi connectivity index (χ3v) is 15.1. The number of likely N-dealkylation sites (N-methyl/N-ethyl adjacent to an activating group) is 1. The Hall–Kier alpha value is -9.47. The maximum absolute atomic E-state index is 14.4. The van der Waals surface area contributed by atoms with Gasteiger partial charge in [0.1, 0.15) is 22.7 Å². The van der Waals surface area contributed by atoms with E-state index in [1.165, 1.54) is 36.7 Å². The first kappa shape index (κ1) is 55.1. The van der Waals surface area contributed by atoms with E-state index in [-0.39, 0.29) is 55.6 Å². The number of H-pyrrole nitrogens is 2. The molecule has 0 amide bonds. The van der Waals surface area contributed by atoms with Crippen LogP contribution in [0.3, 0.4) is 0 Å². The normalized spacial score (nSPS) is 15.5. The SMILES string of the molecule is CN1CCN(c2ccc(-c3ccc4ncc5c(=O)[nH]c(=O)n(-c6ccc(N7CCNCC7)c(C(F)(F)F)c6)c5c4n3)cn2)CC1.Cc1ncc(-c2ccc3ncc4c(=O)[nH]c(=O)n(-c5ccc(N6CCNCC6)c(C(F)(F)F)c5)c4c3n2)cn1. The molecule has 21 nitrogen and oxygen atoms in total. The van der Waals surface area contributed by atoms with Crippen LogP contribution in [0.25, 0.3) is 77.8 Å². The molecule has 3 aliphatic rings. The highest BCUT2D eigenvalue weighted by atomic mass is 19.4. The second-order valence-electron chi connectivity index (χ2n) is 20.4. The monoisotopic (exact) mass is 1150 g/mol. The van der Waals surface area contributed by atoms with E-state index in [0.29, 0.717) is 91.7 Å². The quantitative estimate of drug-likeness (QED) is 0.111. The molecule has 0 unspecified atom stereocenters. The number of halogens is 6. The van der Waals surface area contributed by atoms with Crippen LogP contribution in [-0.2, 0) is 12.4 Å². The highest BCUT2D eigenvalue weighted by Gasteiger charge is 2.38. The Morgan fingerprint density at radius 2 is 0.929 bits per heavy atom. The number of anilines is 3. The summed E-state index contributed by atoms with van der Waals surface area (Å²) in [5, 5.41) is 6.30. The third-order valence-electron chi connectivity index (χ3n) is 15.1. The second kappa shape index (κ2) is 22.0. The van der Waals surface area contributed by atoms with Gasteiger partial charge in [-0.05, 0) is 86.8 Å². The largest absolute Gasteiger partial charge is 0.418 e. The lowest BCUT2D eigenvalue weighted by molar-refractivity contribution is -0.138. The number of fused-ring (bicyclic) bond motifs is 6. The fraction of sp³-hybridized carbons (Fsp3) is 0.281. The lowest BCUT2D eigenvalue weighted by Crippen LogP contribution is -2.44. The fourth-order valence-corrected chi connectivity index (χ4v) is 10.8. The van der Waals surface area contributed by atoms with Gasteiger partial charge in [-0.1, -0.05) is 0 Å². The molecule has 84 heavy (non-hydrogen) atoms. The van der Waals surface area contributed by atoms with Crippen LogP contribution in [0.2, 0.25) is 0 Å². The van der Waals surface area contributed by atoms with Crippen LogP contribution in [-0.4, -0.2) is 144 Å². The van der Waals surface area contributed by atoms with Crippen molar-refractivity contribution < 1.29 is 26.3 Å². The molecular weight excluding hydrogens is 1100 g/mol. The van der Waals surface area contributed by atoms with Crippen LogP contribution in [0, 0.1) is 6.92 Å². The highest BCUT2D eigenvalue weighted by Crippen LogP contribution is 2.40. The molecule has 2 aromatic carbocycles. The number of alkyl halides is 6. The number of hydrogen-bond donors (Lipinski definition) is 4. The smallest absolute Gasteiger partial charge is 0.368 e. The van der Waals surface area contributed by atoms with Crippen LogP contribution in [0.5, 0.6) is 0 Å². The van der Waals surface area contributed by atoms with Crippen molar-refractivity contribution in [1.29, 1.82) is 0 Å². The summed E-state index contributed by atoms with van der Waals surface area (Å²) in [4.78, 5) is 95.5. The Balaban J connectivity index is 0.000000167. The Bertz CT molecular complexity index is 4420. The van der Waals surface area contributed by atoms with Crippen molar-refractivity contribution in [2.45, 2.75) is 19.3 Å². The topological polar surface area (TPSA) is 237 Å². The highest BCUT2D eigenvalue weighted by molar-refractivity contribution is 6.03. The zero-order valence-electron chi connectivity index (χ0n) is 45.0. The van der Waals surface area contributed by atoms with Gasteiger partial charge in [-0.25, -0.2) is 34.5 Å². The molecule has 0 atom stereocenters. The van der Waals surface area contributed by atoms with Gasteiger partial charge in [0.25, 0.3) is 11.1 Å². The van der Waals surface area contributed by atoms with E-state index < -0.39 is 46.0 Å². The van der Waals surface area contributed by atoms with E-state index in [4.69, 9.17) is 4.98 Å². The van der Waals surface area contributed by atoms with Crippen molar-refractivity contribution in [3.63, 3.8) is 0 Å². The maximum Gasteiger partial charge on any atom is 0.418 e. The fourth-order valence-electron chi connectivity index (χ4n) is 10.8. The number of pyridine rings is 5. The summed E-state index contributed by atoms with van der Waals surface area (Å²) in [6.07, 6.45) is -1.90. The number of aromatic nitrogens is 11. The average Bonchev–Trinajstić information content (AvgIpc) is 2.43. The van der Waals surface area contributed by atoms with E-state index in [9.17, 15) is 45.5 Å². The molecule has 0 saturated carbocycles. The van der Waals surface area contributed by atoms with Gasteiger partial charge in [0.2, 0.25) is 0 Å². The van der Waals surface area contributed by atoms with Crippen LogP contribution in [0.15, 0.2) is 123 Å². The number of nitrogens with one attached hydrogen (secondary N) is 4. The lowest BCUT2D eigenvalue weighted by atomic mass is 10.1. The molecule has 430 valence electrons. The van der Waals surface area contributed by atoms with Gasteiger partial charge in [-0.3, -0.25) is 38.7 Å². The number of piperazine rings is 3. The van der Waals surface area contributed by atoms with Gasteiger partial charge in [0, 0.05) is 132 Å². The Kier molecular flexibility index (Phi) is 14.4. The van der Waals surface area contributed by atoms with Crippen molar-refractivity contribution in [2.24, 2.45) is 0 Å². The van der Waals surface area contributed by atoms with Crippen LogP contribution < -0.4 is 47.8 Å². The van der Waals surface area contributed by atoms with E-state index >= 15 is 0 Å². The van der Waals surface area contributed by atoms with Crippen molar-refractivity contribution >= 4 is 61.1 Å². The molecule has 3 saturated heterocycles. The predicted molar refractivity (Wildman–Crippen MR) is 305 cm³/mol. The van der Waals surface area contributed by atoms with Crippen molar-refractivity contribution in [3.05, 3.63) is 162 Å². The molecule has 11 heterocycles. The van der Waals surface area contributed by atoms with Gasteiger partial charge >= 0.3 is 23.7 Å². The standard InChI is InChI=1S/C31H30F3N9O2.C26H21F3N8O2/c1-40-12-14-42(15-13-40)26-7-2-19(17-37-26)23-4-5-24-27(38-23)28-21(18-36-24)29(44)39-30(45)43(28)20-3-6-25(22(16-20)31(32,33)34)41-10-8-35-9-11-41;1-14-31-11-15(12-32-14)19-3-4-20-22(34-19)23-17(13-33-20)24(38)35-25(39)37(23)16-2-5-21(18(10-16)26(27,28)29)36-8-6-30-7-9-36/h2-7,16-18,35H,8-15H2,1H3,(H,39,44,45);2-5,10-13,30H,6-9H2,1H3,(H,35,38,39). The van der Waals surface area contributed by atoms with Crippen LogP contribution >= 0.6 is 0 Å². The molecule has 3 fully saturated rings. The summed E-state index contributed by atoms with van der Waals surface area (Å²) < 4.78 is 88.2. The minimum absolute atomic E-state index is 0.00615. The van der Waals surface area contributed by atoms with Crippen molar-refractivity contribution in [2.75, 3.05) is 100 Å². The molecule has 8 aromatic heterocycles. The van der Waals surface area contributed by atoms with E-state index in [1.807, 2.05) is 12.1 Å². The zero-order chi connectivity index (χ0) is 58.6. The van der Waals surface area contributed by atoms with Gasteiger partial charge in [-0.2, -0.15) is 26.3 Å². The Morgan fingerprint density at radius 1 is 0.476 bits per heavy atom. The summed E-state index contributed by atoms with van der Waals surface area (Å²) in [5.41, 5.74) is -1.54. The first-order valence-corrected chi connectivity index (χ1v) is 26.8. The minimum Gasteiger partial charge on any atom is -0.368 e. The molecule has 0 spiro atoms. The number of aryl methyl sites for hydroxylation is 1. The summed E-state index contributed by atoms with van der Waals surface area (Å²) in [6, 6.07) is 18.2. The summed E-state index contributed by atoms with van der Waals surface area (Å²) >= 11 is 0. The lowest BCUT2D eigenvalue weighted by Gasteiger charge is -2.33. The van der Waals surface area contributed by atoms with Gasteiger partial charge < -0.3 is 30.2 Å². The number of hydrogen-bond acceptors (Lipinski definition) is 17. The average molecular weight is 1150 g/mol. The predicted octanol–water partition coefficient (Wildman–Crippen LogP) is 5.68. The first-order chi connectivity index (χ1) is 40.4. The summed E-state index contributed by atoms with van der Waals surface area (Å²) in [6.45, 7) is 9.25. The van der Waals surface area contributed by atoms with Gasteiger partial charge in [0.05, 0.1) is 66.7 Å². The number of nitrogens with zero attached hydrogens (tertiary/aromatic N) is 13. The zero-order valence-corrected chi connectivity index (χ0v) is 45.0. The first-order valence-electron chi connectivity index (χ1n) is 26.8. The second-order valence-corrected chi connectivity index (χ2v) is 20.4. The molecular formula is C57H51F6N17O4. The van der Waals surface area contributed by atoms with E-state index in [2.05, 4.69) is 67.4 Å². The number of aromatic amines is 2. The minimum atomic E-state index is -4.68. The molecule has 13 rings (SSSR count). The number of benzene rings is 2. The van der Waals surface area contributed by atoms with Gasteiger partial charge in [-0.15, -0.1) is 0 Å². The van der Waals surface area contributed by atoms with Crippen LogP contribution in [0.4, 0.5) is 43.5 Å². The van der Waals surface area contributed by atoms with Gasteiger partial charge in [0.15, 0.2) is 0 Å². The van der Waals surface area contributed by atoms with E-state index in [0.717, 1.165) is 53.3 Å². The van der Waals surface area contributed by atoms with E-state index in [1.54, 1.807) is 59.6 Å². The molecule has 0 bridgehead atoms. The van der Waals surface area contributed by atoms with Crippen LogP contribution in [0.1, 0.15) is 17.0 Å². The molecule has 0 radical (unpaired) electrons. The Labute approximate surface area is 471 Å². The maximum atomic E-state index is 14.4. The number of rotatable bonds is 7. The molecule has 3 aliphatic heterocycles. The summed E-state index contributed by atoms with van der Waals surface area (Å²) in [5.74, 6) is 1.42. The molecule has 27 heteroatoms. The molecule has 4 N–H and O–H groups in total. The third kappa shape index (κ3) is 10.7. The summed E-state index contributed by atoms with van der Waals surface area (Å²) in [7, 11) is 2.09. The van der Waals surface area contributed by atoms with Crippen molar-refractivity contribution in [1.82, 2.24) is 69.5 Å². The molecule has 0 aliphatic carbocycles. The molecule has 10 aromatic rings.